The van der Waals surface area contributed by atoms with Gasteiger partial charge in [0, 0.05) is 5.56 Å². The Bertz CT molecular complexity index is 810. The molecule has 3 aromatic rings. The largest absolute Gasteiger partial charge is 0.285 e. The van der Waals surface area contributed by atoms with Gasteiger partial charge in [-0.3, -0.25) is 9.59 Å². The first-order valence-electron chi connectivity index (χ1n) is 5.72. The molecule has 0 radical (unpaired) electrons. The van der Waals surface area contributed by atoms with Gasteiger partial charge in [0.05, 0.1) is 5.39 Å². The van der Waals surface area contributed by atoms with Crippen LogP contribution in [0.4, 0.5) is 0 Å². The number of nitrogens with zero attached hydrogens (tertiary/aromatic N) is 3. The quantitative estimate of drug-likeness (QED) is 0.657. The van der Waals surface area contributed by atoms with Crippen LogP contribution >= 0.6 is 0 Å². The summed E-state index contributed by atoms with van der Waals surface area (Å²) in [5.41, 5.74) is 0.415. The minimum atomic E-state index is -0.483. The summed E-state index contributed by atoms with van der Waals surface area (Å²) >= 11 is 0. The average Bonchev–Trinajstić information content (AvgIpc) is 2.48. The molecule has 0 aliphatic carbocycles. The standard InChI is InChI=1S/C14H9N3O2/c18-13(10-6-2-1-3-7-10)17-14(19)11-8-4-5-9-12(11)15-16-17/h1-9H. The fourth-order valence-corrected chi connectivity index (χ4v) is 1.83. The topological polar surface area (TPSA) is 64.8 Å². The van der Waals surface area contributed by atoms with Crippen molar-refractivity contribution in [1.82, 2.24) is 15.0 Å². The van der Waals surface area contributed by atoms with E-state index in [0.29, 0.717) is 16.5 Å². The van der Waals surface area contributed by atoms with E-state index >= 15 is 0 Å². The van der Waals surface area contributed by atoms with Gasteiger partial charge in [0.1, 0.15) is 5.52 Å². The molecule has 2 aromatic carbocycles. The monoisotopic (exact) mass is 251 g/mol. The van der Waals surface area contributed by atoms with Crippen LogP contribution in [0.5, 0.6) is 0 Å². The van der Waals surface area contributed by atoms with Crippen molar-refractivity contribution in [3.8, 4) is 0 Å². The molecule has 5 heteroatoms. The predicted octanol–water partition coefficient (Wildman–Crippen LogP) is 1.48. The molecule has 92 valence electrons. The van der Waals surface area contributed by atoms with Crippen LogP contribution in [-0.4, -0.2) is 20.9 Å². The highest BCUT2D eigenvalue weighted by atomic mass is 16.2. The van der Waals surface area contributed by atoms with Gasteiger partial charge in [-0.15, -0.1) is 9.78 Å². The Morgan fingerprint density at radius 1 is 0.947 bits per heavy atom. The first-order chi connectivity index (χ1) is 9.27. The molecule has 0 unspecified atom stereocenters. The fraction of sp³-hybridized carbons (Fsp3) is 0. The van der Waals surface area contributed by atoms with Gasteiger partial charge in [0.25, 0.3) is 11.5 Å². The molecule has 3 rings (SSSR count). The van der Waals surface area contributed by atoms with Crippen molar-refractivity contribution in [2.75, 3.05) is 0 Å². The van der Waals surface area contributed by atoms with Gasteiger partial charge in [0.15, 0.2) is 0 Å². The first kappa shape index (κ1) is 11.3. The van der Waals surface area contributed by atoms with Crippen molar-refractivity contribution in [1.29, 1.82) is 0 Å². The van der Waals surface area contributed by atoms with Gasteiger partial charge >= 0.3 is 0 Å². The molecule has 5 nitrogen and oxygen atoms in total. The lowest BCUT2D eigenvalue weighted by Crippen LogP contribution is -2.30. The van der Waals surface area contributed by atoms with Gasteiger partial charge in [-0.05, 0) is 24.3 Å². The smallest absolute Gasteiger partial charge is 0.267 e. The van der Waals surface area contributed by atoms with E-state index in [0.717, 1.165) is 4.68 Å². The Labute approximate surface area is 108 Å². The number of benzene rings is 2. The van der Waals surface area contributed by atoms with Crippen molar-refractivity contribution in [2.24, 2.45) is 0 Å². The van der Waals surface area contributed by atoms with Crippen LogP contribution in [0, 0.1) is 0 Å². The lowest BCUT2D eigenvalue weighted by atomic mass is 10.2. The molecule has 0 aliphatic rings. The molecule has 0 saturated carbocycles. The van der Waals surface area contributed by atoms with Gasteiger partial charge in [-0.2, -0.15) is 0 Å². The second-order valence-electron chi connectivity index (χ2n) is 3.99. The second-order valence-corrected chi connectivity index (χ2v) is 3.99. The molecule has 0 saturated heterocycles. The van der Waals surface area contributed by atoms with E-state index in [-0.39, 0.29) is 0 Å². The second kappa shape index (κ2) is 4.45. The summed E-state index contributed by atoms with van der Waals surface area (Å²) in [4.78, 5) is 24.4. The lowest BCUT2D eigenvalue weighted by molar-refractivity contribution is 0.0936. The molecule has 1 heterocycles. The van der Waals surface area contributed by atoms with Crippen molar-refractivity contribution < 1.29 is 4.79 Å². The van der Waals surface area contributed by atoms with E-state index in [1.54, 1.807) is 54.6 Å². The summed E-state index contributed by atoms with van der Waals surface area (Å²) in [6, 6.07) is 15.3. The summed E-state index contributed by atoms with van der Waals surface area (Å²) in [7, 11) is 0. The summed E-state index contributed by atoms with van der Waals surface area (Å²) in [5, 5.41) is 7.94. The SMILES string of the molecule is O=C(c1ccccc1)n1nnc2ccccc2c1=O. The summed E-state index contributed by atoms with van der Waals surface area (Å²) < 4.78 is 0.789. The molecule has 19 heavy (non-hydrogen) atoms. The number of hydrogen-bond acceptors (Lipinski definition) is 4. The molecule has 0 N–H and O–H groups in total. The van der Waals surface area contributed by atoms with E-state index in [4.69, 9.17) is 0 Å². The van der Waals surface area contributed by atoms with Crippen LogP contribution < -0.4 is 5.56 Å². The Kier molecular flexibility index (Phi) is 2.64. The summed E-state index contributed by atoms with van der Waals surface area (Å²) in [6.45, 7) is 0. The third-order valence-corrected chi connectivity index (χ3v) is 2.78. The van der Waals surface area contributed by atoms with Crippen LogP contribution in [0.2, 0.25) is 0 Å². The molecule has 0 spiro atoms. The zero-order chi connectivity index (χ0) is 13.2. The van der Waals surface area contributed by atoms with E-state index in [1.165, 1.54) is 0 Å². The van der Waals surface area contributed by atoms with E-state index < -0.39 is 11.5 Å². The average molecular weight is 251 g/mol. The highest BCUT2D eigenvalue weighted by molar-refractivity contribution is 5.96. The number of rotatable bonds is 1. The molecule has 0 atom stereocenters. The first-order valence-corrected chi connectivity index (χ1v) is 5.72. The molecule has 1 aromatic heterocycles. The van der Waals surface area contributed by atoms with E-state index in [1.807, 2.05) is 0 Å². The Balaban J connectivity index is 2.19. The van der Waals surface area contributed by atoms with Gasteiger partial charge < -0.3 is 0 Å². The number of aromatic nitrogens is 3. The van der Waals surface area contributed by atoms with Crippen molar-refractivity contribution in [3.05, 3.63) is 70.5 Å². The summed E-state index contributed by atoms with van der Waals surface area (Å²) in [5.74, 6) is -0.483. The molecule has 0 aliphatic heterocycles. The maximum atomic E-state index is 12.2. The van der Waals surface area contributed by atoms with E-state index in [9.17, 15) is 9.59 Å². The highest BCUT2D eigenvalue weighted by Crippen LogP contribution is 2.05. The van der Waals surface area contributed by atoms with Crippen molar-refractivity contribution >= 4 is 16.8 Å². The molecular formula is C14H9N3O2. The minimum Gasteiger partial charge on any atom is -0.267 e. The lowest BCUT2D eigenvalue weighted by Gasteiger charge is -2.03. The van der Waals surface area contributed by atoms with Crippen molar-refractivity contribution in [3.63, 3.8) is 0 Å². The van der Waals surface area contributed by atoms with Crippen LogP contribution in [0.1, 0.15) is 10.4 Å². The summed E-state index contributed by atoms with van der Waals surface area (Å²) in [6.07, 6.45) is 0. The maximum Gasteiger partial charge on any atom is 0.285 e. The van der Waals surface area contributed by atoms with Gasteiger partial charge in [0.2, 0.25) is 0 Å². The number of hydrogen-bond donors (Lipinski definition) is 0. The van der Waals surface area contributed by atoms with Crippen LogP contribution in [0.15, 0.2) is 59.4 Å². The van der Waals surface area contributed by atoms with Gasteiger partial charge in [-0.25, -0.2) is 0 Å². The van der Waals surface area contributed by atoms with Crippen LogP contribution in [-0.2, 0) is 0 Å². The number of carbonyl (C=O) groups is 1. The van der Waals surface area contributed by atoms with Crippen LogP contribution in [0.3, 0.4) is 0 Å². The Morgan fingerprint density at radius 3 is 2.42 bits per heavy atom. The van der Waals surface area contributed by atoms with Gasteiger partial charge in [-0.1, -0.05) is 35.5 Å². The molecule has 0 bridgehead atoms. The Morgan fingerprint density at radius 2 is 1.63 bits per heavy atom. The fourth-order valence-electron chi connectivity index (χ4n) is 1.83. The third kappa shape index (κ3) is 1.91. The predicted molar refractivity (Wildman–Crippen MR) is 70.0 cm³/mol. The number of fused-ring (bicyclic) bond motifs is 1. The highest BCUT2D eigenvalue weighted by Gasteiger charge is 2.13. The normalized spacial score (nSPS) is 10.5. The van der Waals surface area contributed by atoms with E-state index in [2.05, 4.69) is 10.3 Å². The molecule has 0 fully saturated rings. The Hall–Kier alpha value is -2.82. The third-order valence-electron chi connectivity index (χ3n) is 2.78. The molecular weight excluding hydrogens is 242 g/mol. The maximum absolute atomic E-state index is 12.2. The zero-order valence-corrected chi connectivity index (χ0v) is 9.85. The molecule has 0 amide bonds. The van der Waals surface area contributed by atoms with Crippen LogP contribution in [0.25, 0.3) is 10.9 Å². The minimum absolute atomic E-state index is 0.377. The zero-order valence-electron chi connectivity index (χ0n) is 9.85. The van der Waals surface area contributed by atoms with Crippen molar-refractivity contribution in [2.45, 2.75) is 0 Å². The number of carbonyl (C=O) groups excluding carboxylic acids is 1.